The van der Waals surface area contributed by atoms with Crippen molar-refractivity contribution in [3.8, 4) is 22.4 Å². The molecule has 5 heterocycles. The standard InChI is InChI=1S/C29H30N6O5S/c1-41(38,39)25-24(19-11-20-15-40-16-21(12-19)34(20)28(36)29(37)9-10-29)33-27-22(14-32-35(27)26(25)30)18-7-8-23(31-13-18)17-5-3-2-4-6-17/h2-8,13-14,19-21,37H,9-12,15-16,30H2,1H3. The van der Waals surface area contributed by atoms with Gasteiger partial charge in [0.1, 0.15) is 16.3 Å². The Morgan fingerprint density at radius 1 is 1.05 bits per heavy atom. The van der Waals surface area contributed by atoms with Crippen molar-refractivity contribution in [2.45, 2.75) is 54.2 Å². The number of amides is 1. The lowest BCUT2D eigenvalue weighted by molar-refractivity contribution is -0.162. The third-order valence-electron chi connectivity index (χ3n) is 8.44. The molecule has 1 aliphatic carbocycles. The molecule has 41 heavy (non-hydrogen) atoms. The number of sulfone groups is 1. The number of hydrogen-bond acceptors (Lipinski definition) is 9. The van der Waals surface area contributed by atoms with Gasteiger partial charge in [-0.2, -0.15) is 9.61 Å². The van der Waals surface area contributed by atoms with Gasteiger partial charge in [-0.15, -0.1) is 0 Å². The van der Waals surface area contributed by atoms with Gasteiger partial charge in [0.05, 0.1) is 42.9 Å². The number of anilines is 1. The summed E-state index contributed by atoms with van der Waals surface area (Å²) in [6, 6.07) is 13.1. The molecule has 3 aliphatic rings. The van der Waals surface area contributed by atoms with Gasteiger partial charge in [-0.1, -0.05) is 36.4 Å². The highest BCUT2D eigenvalue weighted by Gasteiger charge is 2.55. The molecule has 3 fully saturated rings. The average Bonchev–Trinajstić information content (AvgIpc) is 3.56. The van der Waals surface area contributed by atoms with E-state index in [1.165, 1.54) is 4.52 Å². The van der Waals surface area contributed by atoms with Crippen LogP contribution in [0.15, 0.2) is 59.8 Å². The summed E-state index contributed by atoms with van der Waals surface area (Å²) in [5, 5.41) is 14.9. The third-order valence-corrected chi connectivity index (χ3v) is 9.60. The highest BCUT2D eigenvalue weighted by molar-refractivity contribution is 7.91. The molecule has 1 aromatic carbocycles. The van der Waals surface area contributed by atoms with Gasteiger partial charge in [-0.3, -0.25) is 9.78 Å². The van der Waals surface area contributed by atoms with Gasteiger partial charge < -0.3 is 20.5 Å². The van der Waals surface area contributed by atoms with Crippen LogP contribution < -0.4 is 5.73 Å². The molecule has 0 spiro atoms. The van der Waals surface area contributed by atoms with Gasteiger partial charge in [0, 0.05) is 35.1 Å². The van der Waals surface area contributed by atoms with Crippen LogP contribution in [0.3, 0.4) is 0 Å². The van der Waals surface area contributed by atoms with Crippen molar-refractivity contribution in [3.63, 3.8) is 0 Å². The summed E-state index contributed by atoms with van der Waals surface area (Å²) in [6.07, 6.45) is 6.30. The minimum Gasteiger partial charge on any atom is -0.382 e. The fourth-order valence-electron chi connectivity index (χ4n) is 6.25. The van der Waals surface area contributed by atoms with Crippen LogP contribution in [0.25, 0.3) is 28.0 Å². The van der Waals surface area contributed by atoms with Crippen molar-refractivity contribution in [2.75, 3.05) is 25.2 Å². The van der Waals surface area contributed by atoms with Gasteiger partial charge in [-0.05, 0) is 31.7 Å². The number of nitrogen functional groups attached to an aromatic ring is 1. The number of fused-ring (bicyclic) bond motifs is 3. The Hall–Kier alpha value is -3.87. The second kappa shape index (κ2) is 9.33. The van der Waals surface area contributed by atoms with Crippen LogP contribution in [0, 0.1) is 0 Å². The Balaban J connectivity index is 1.30. The van der Waals surface area contributed by atoms with Crippen molar-refractivity contribution in [2.24, 2.45) is 0 Å². The molecule has 2 saturated heterocycles. The number of aromatic nitrogens is 4. The van der Waals surface area contributed by atoms with Gasteiger partial charge in [0.2, 0.25) is 0 Å². The zero-order valence-electron chi connectivity index (χ0n) is 22.5. The summed E-state index contributed by atoms with van der Waals surface area (Å²) in [5.41, 5.74) is 9.30. The smallest absolute Gasteiger partial charge is 0.255 e. The first kappa shape index (κ1) is 26.1. The summed E-state index contributed by atoms with van der Waals surface area (Å²) in [5.74, 6) is -0.546. The number of piperidine rings is 1. The lowest BCUT2D eigenvalue weighted by Gasteiger charge is -2.49. The number of nitrogens with zero attached hydrogens (tertiary/aromatic N) is 5. The SMILES string of the molecule is CS(=O)(=O)c1c(C2CC3COCC(C2)N3C(=O)C2(O)CC2)nc2c(-c3ccc(-c4ccccc4)nc3)cnn2c1N. The van der Waals surface area contributed by atoms with E-state index in [2.05, 4.69) is 10.1 Å². The molecule has 2 aliphatic heterocycles. The van der Waals surface area contributed by atoms with E-state index in [0.29, 0.717) is 55.8 Å². The van der Waals surface area contributed by atoms with E-state index in [4.69, 9.17) is 15.5 Å². The lowest BCUT2D eigenvalue weighted by Crippen LogP contribution is -2.61. The molecule has 3 aromatic heterocycles. The quantitative estimate of drug-likeness (QED) is 0.366. The maximum atomic E-state index is 13.1. The maximum absolute atomic E-state index is 13.1. The first-order chi connectivity index (χ1) is 19.6. The van der Waals surface area contributed by atoms with E-state index < -0.39 is 15.4 Å². The van der Waals surface area contributed by atoms with Gasteiger partial charge in [-0.25, -0.2) is 13.4 Å². The van der Waals surface area contributed by atoms with Crippen LogP contribution in [0.2, 0.25) is 0 Å². The highest BCUT2D eigenvalue weighted by atomic mass is 32.2. The second-order valence-electron chi connectivity index (χ2n) is 11.3. The number of aliphatic hydroxyl groups is 1. The van der Waals surface area contributed by atoms with Gasteiger partial charge >= 0.3 is 0 Å². The highest BCUT2D eigenvalue weighted by Crippen LogP contribution is 2.45. The van der Waals surface area contributed by atoms with E-state index in [1.807, 2.05) is 42.5 Å². The molecule has 4 aromatic rings. The summed E-state index contributed by atoms with van der Waals surface area (Å²) in [6.45, 7) is 0.635. The first-order valence-corrected chi connectivity index (χ1v) is 15.5. The van der Waals surface area contributed by atoms with Crippen LogP contribution in [0.1, 0.15) is 37.3 Å². The van der Waals surface area contributed by atoms with Gasteiger partial charge in [0.25, 0.3) is 5.91 Å². The zero-order valence-corrected chi connectivity index (χ0v) is 23.3. The van der Waals surface area contributed by atoms with E-state index in [0.717, 1.165) is 23.1 Å². The third kappa shape index (κ3) is 4.37. The van der Waals surface area contributed by atoms with E-state index in [-0.39, 0.29) is 34.6 Å². The molecule has 7 rings (SSSR count). The number of rotatable bonds is 5. The summed E-state index contributed by atoms with van der Waals surface area (Å²) >= 11 is 0. The van der Waals surface area contributed by atoms with E-state index in [1.54, 1.807) is 17.3 Å². The number of carbonyl (C=O) groups excluding carboxylic acids is 1. The molecule has 3 N–H and O–H groups in total. The van der Waals surface area contributed by atoms with Crippen molar-refractivity contribution in [1.82, 2.24) is 24.5 Å². The molecule has 11 nitrogen and oxygen atoms in total. The topological polar surface area (TPSA) is 153 Å². The largest absolute Gasteiger partial charge is 0.382 e. The Morgan fingerprint density at radius 2 is 1.76 bits per heavy atom. The Kier molecular flexibility index (Phi) is 5.93. The fraction of sp³-hybridized carbons (Fsp3) is 0.379. The Bertz CT molecular complexity index is 1750. The number of hydrogen-bond donors (Lipinski definition) is 2. The Labute approximate surface area is 236 Å². The molecular weight excluding hydrogens is 544 g/mol. The predicted octanol–water partition coefficient (Wildman–Crippen LogP) is 2.44. The summed E-state index contributed by atoms with van der Waals surface area (Å²) < 4.78 is 33.3. The van der Waals surface area contributed by atoms with Crippen LogP contribution in [0.4, 0.5) is 5.82 Å². The van der Waals surface area contributed by atoms with Crippen LogP contribution in [-0.2, 0) is 19.4 Å². The average molecular weight is 575 g/mol. The second-order valence-corrected chi connectivity index (χ2v) is 13.3. The van der Waals surface area contributed by atoms with Crippen molar-refractivity contribution >= 4 is 27.2 Å². The van der Waals surface area contributed by atoms with E-state index >= 15 is 0 Å². The number of ether oxygens (including phenoxy) is 1. The van der Waals surface area contributed by atoms with Crippen LogP contribution in [-0.4, -0.2) is 81.1 Å². The monoisotopic (exact) mass is 574 g/mol. The number of pyridine rings is 1. The number of carbonyl (C=O) groups is 1. The number of benzene rings is 1. The predicted molar refractivity (Wildman–Crippen MR) is 151 cm³/mol. The molecule has 2 atom stereocenters. The van der Waals surface area contributed by atoms with Crippen molar-refractivity contribution < 1.29 is 23.1 Å². The van der Waals surface area contributed by atoms with Crippen LogP contribution >= 0.6 is 0 Å². The lowest BCUT2D eigenvalue weighted by atomic mass is 9.82. The Morgan fingerprint density at radius 3 is 2.37 bits per heavy atom. The molecular formula is C29H30N6O5S. The summed E-state index contributed by atoms with van der Waals surface area (Å²) in [7, 11) is -3.78. The molecule has 212 valence electrons. The molecule has 12 heteroatoms. The maximum Gasteiger partial charge on any atom is 0.255 e. The zero-order chi connectivity index (χ0) is 28.5. The molecule has 2 unspecified atom stereocenters. The normalized spacial score (nSPS) is 23.5. The van der Waals surface area contributed by atoms with Crippen LogP contribution in [0.5, 0.6) is 0 Å². The number of morpholine rings is 1. The molecule has 1 amide bonds. The first-order valence-electron chi connectivity index (χ1n) is 13.7. The molecule has 0 radical (unpaired) electrons. The van der Waals surface area contributed by atoms with Crippen molar-refractivity contribution in [3.05, 3.63) is 60.6 Å². The van der Waals surface area contributed by atoms with Crippen molar-refractivity contribution in [1.29, 1.82) is 0 Å². The number of nitrogens with two attached hydrogens (primary N) is 1. The summed E-state index contributed by atoms with van der Waals surface area (Å²) in [4.78, 5) is 24.4. The van der Waals surface area contributed by atoms with Gasteiger partial charge in [0.15, 0.2) is 15.5 Å². The fourth-order valence-corrected chi connectivity index (χ4v) is 7.31. The minimum atomic E-state index is -3.78. The minimum absolute atomic E-state index is 0.000165. The van der Waals surface area contributed by atoms with E-state index in [9.17, 15) is 18.3 Å². The molecule has 1 saturated carbocycles. The molecule has 2 bridgehead atoms.